The third-order valence-electron chi connectivity index (χ3n) is 4.51. The van der Waals surface area contributed by atoms with Crippen LogP contribution in [0, 0.1) is 0 Å². The first-order valence-electron chi connectivity index (χ1n) is 10.2. The van der Waals surface area contributed by atoms with Crippen molar-refractivity contribution in [2.75, 3.05) is 46.6 Å². The molecule has 0 aromatic heterocycles. The molecule has 0 unspecified atom stereocenters. The average Bonchev–Trinajstić information content (AvgIpc) is 2.62. The van der Waals surface area contributed by atoms with Crippen LogP contribution >= 0.6 is 0 Å². The Morgan fingerprint density at radius 1 is 0.720 bits per heavy atom. The Kier molecular flexibility index (Phi) is 20.8. The smallest absolute Gasteiger partial charge is 0.293 e. The van der Waals surface area contributed by atoms with Crippen LogP contribution in [-0.2, 0) is 14.3 Å². The summed E-state index contributed by atoms with van der Waals surface area (Å²) >= 11 is 0. The lowest BCUT2D eigenvalue weighted by molar-refractivity contribution is -0.128. The summed E-state index contributed by atoms with van der Waals surface area (Å²) in [6.07, 6.45) is 14.1. The molecule has 0 spiro atoms. The van der Waals surface area contributed by atoms with E-state index in [9.17, 15) is 4.79 Å². The number of carbonyl (C=O) groups is 1. The number of methoxy groups -OCH3 is 1. The Labute approximate surface area is 155 Å². The van der Waals surface area contributed by atoms with Crippen molar-refractivity contribution in [1.29, 1.82) is 0 Å². The van der Waals surface area contributed by atoms with E-state index in [0.717, 1.165) is 38.8 Å². The summed E-state index contributed by atoms with van der Waals surface area (Å²) in [7, 11) is 1.77. The average molecular weight is 360 g/mol. The highest BCUT2D eigenvalue weighted by Crippen LogP contribution is 2.08. The molecule has 0 aromatic rings. The molecular weight excluding hydrogens is 318 g/mol. The van der Waals surface area contributed by atoms with Crippen LogP contribution in [-0.4, -0.2) is 63.0 Å². The topological polar surface area (TPSA) is 59.0 Å². The molecule has 0 bridgehead atoms. The Morgan fingerprint density at radius 2 is 1.20 bits per heavy atom. The minimum Gasteiger partial charge on any atom is -0.468 e. The standard InChI is InChI=1S/C20H41NO4/c1-24-18-12-6-2-4-8-14-21(16-10-11-17-22)15-9-5-3-7-13-19-25-20-23/h20,22H,2-19H2,1H3. The van der Waals surface area contributed by atoms with Gasteiger partial charge in [-0.05, 0) is 58.2 Å². The fourth-order valence-electron chi connectivity index (χ4n) is 2.99. The molecule has 0 saturated carbocycles. The second kappa shape index (κ2) is 21.4. The van der Waals surface area contributed by atoms with Gasteiger partial charge in [0.15, 0.2) is 0 Å². The molecule has 0 aliphatic heterocycles. The quantitative estimate of drug-likeness (QED) is 0.250. The molecule has 25 heavy (non-hydrogen) atoms. The molecule has 0 saturated heterocycles. The largest absolute Gasteiger partial charge is 0.468 e. The van der Waals surface area contributed by atoms with Crippen LogP contribution in [0.15, 0.2) is 0 Å². The summed E-state index contributed by atoms with van der Waals surface area (Å²) in [6.45, 7) is 5.73. The number of unbranched alkanes of at least 4 members (excludes halogenated alkanes) is 9. The zero-order valence-corrected chi connectivity index (χ0v) is 16.4. The summed E-state index contributed by atoms with van der Waals surface area (Å²) in [5.41, 5.74) is 0. The molecule has 1 N–H and O–H groups in total. The van der Waals surface area contributed by atoms with Gasteiger partial charge in [-0.1, -0.05) is 38.5 Å². The first-order chi connectivity index (χ1) is 12.3. The summed E-state index contributed by atoms with van der Waals surface area (Å²) < 4.78 is 9.78. The van der Waals surface area contributed by atoms with E-state index in [1.165, 1.54) is 64.5 Å². The Morgan fingerprint density at radius 3 is 1.72 bits per heavy atom. The second-order valence-corrected chi connectivity index (χ2v) is 6.77. The van der Waals surface area contributed by atoms with Crippen LogP contribution in [0.1, 0.15) is 77.0 Å². The van der Waals surface area contributed by atoms with Crippen molar-refractivity contribution in [3.8, 4) is 0 Å². The summed E-state index contributed by atoms with van der Waals surface area (Å²) in [5, 5.41) is 8.97. The fourth-order valence-corrected chi connectivity index (χ4v) is 2.99. The third kappa shape index (κ3) is 19.5. The molecule has 0 fully saturated rings. The van der Waals surface area contributed by atoms with Crippen LogP contribution in [0.2, 0.25) is 0 Å². The Balaban J connectivity index is 3.65. The van der Waals surface area contributed by atoms with Crippen molar-refractivity contribution >= 4 is 6.47 Å². The SMILES string of the molecule is COCCCCCCCN(CCCCO)CCCCCCCOC=O. The zero-order valence-electron chi connectivity index (χ0n) is 16.4. The van der Waals surface area contributed by atoms with Gasteiger partial charge in [0.2, 0.25) is 0 Å². The van der Waals surface area contributed by atoms with Crippen molar-refractivity contribution in [2.45, 2.75) is 77.0 Å². The normalized spacial score (nSPS) is 11.2. The predicted molar refractivity (Wildman–Crippen MR) is 103 cm³/mol. The van der Waals surface area contributed by atoms with Gasteiger partial charge in [0.05, 0.1) is 6.61 Å². The number of nitrogens with zero attached hydrogens (tertiary/aromatic N) is 1. The van der Waals surface area contributed by atoms with Gasteiger partial charge in [-0.25, -0.2) is 0 Å². The van der Waals surface area contributed by atoms with E-state index < -0.39 is 0 Å². The number of ether oxygens (including phenoxy) is 2. The van der Waals surface area contributed by atoms with E-state index >= 15 is 0 Å². The predicted octanol–water partition coefficient (Wildman–Crippen LogP) is 3.78. The summed E-state index contributed by atoms with van der Waals surface area (Å²) in [6, 6.07) is 0. The number of aliphatic hydroxyl groups excluding tert-OH is 1. The molecule has 0 aliphatic rings. The molecule has 0 heterocycles. The molecule has 0 amide bonds. The summed E-state index contributed by atoms with van der Waals surface area (Å²) in [4.78, 5) is 12.6. The minimum absolute atomic E-state index is 0.302. The molecule has 0 rings (SSSR count). The first-order valence-corrected chi connectivity index (χ1v) is 10.2. The van der Waals surface area contributed by atoms with Gasteiger partial charge in [-0.15, -0.1) is 0 Å². The van der Waals surface area contributed by atoms with Gasteiger partial charge in [0.25, 0.3) is 6.47 Å². The molecular formula is C20H41NO4. The molecule has 0 aliphatic carbocycles. The molecule has 0 atom stereocenters. The van der Waals surface area contributed by atoms with Crippen LogP contribution in [0.3, 0.4) is 0 Å². The summed E-state index contributed by atoms with van der Waals surface area (Å²) in [5.74, 6) is 0. The van der Waals surface area contributed by atoms with Crippen molar-refractivity contribution in [2.24, 2.45) is 0 Å². The number of hydrogen-bond acceptors (Lipinski definition) is 5. The number of aliphatic hydroxyl groups is 1. The maximum Gasteiger partial charge on any atom is 0.293 e. The highest BCUT2D eigenvalue weighted by Gasteiger charge is 2.04. The van der Waals surface area contributed by atoms with E-state index in [1.807, 2.05) is 0 Å². The van der Waals surface area contributed by atoms with Crippen LogP contribution in [0.25, 0.3) is 0 Å². The first kappa shape index (κ1) is 24.4. The van der Waals surface area contributed by atoms with E-state index in [2.05, 4.69) is 4.90 Å². The van der Waals surface area contributed by atoms with Crippen LogP contribution < -0.4 is 0 Å². The molecule has 5 heteroatoms. The monoisotopic (exact) mass is 359 g/mol. The van der Waals surface area contributed by atoms with Crippen molar-refractivity contribution < 1.29 is 19.4 Å². The fraction of sp³-hybridized carbons (Fsp3) is 0.950. The highest BCUT2D eigenvalue weighted by molar-refractivity contribution is 5.36. The van der Waals surface area contributed by atoms with Crippen molar-refractivity contribution in [3.05, 3.63) is 0 Å². The minimum atomic E-state index is 0.302. The lowest BCUT2D eigenvalue weighted by Crippen LogP contribution is -2.27. The van der Waals surface area contributed by atoms with Gasteiger partial charge >= 0.3 is 0 Å². The van der Waals surface area contributed by atoms with Gasteiger partial charge in [-0.3, -0.25) is 4.79 Å². The van der Waals surface area contributed by atoms with Crippen molar-refractivity contribution in [3.63, 3.8) is 0 Å². The van der Waals surface area contributed by atoms with Gasteiger partial charge < -0.3 is 19.5 Å². The number of rotatable bonds is 21. The maximum atomic E-state index is 10.0. The van der Waals surface area contributed by atoms with Gasteiger partial charge in [0.1, 0.15) is 0 Å². The van der Waals surface area contributed by atoms with Crippen LogP contribution in [0.4, 0.5) is 0 Å². The molecule has 0 aromatic carbocycles. The van der Waals surface area contributed by atoms with E-state index in [4.69, 9.17) is 14.6 Å². The third-order valence-corrected chi connectivity index (χ3v) is 4.51. The molecule has 5 nitrogen and oxygen atoms in total. The van der Waals surface area contributed by atoms with E-state index in [-0.39, 0.29) is 0 Å². The maximum absolute atomic E-state index is 10.0. The molecule has 0 radical (unpaired) electrons. The van der Waals surface area contributed by atoms with Gasteiger partial charge in [-0.2, -0.15) is 0 Å². The van der Waals surface area contributed by atoms with E-state index in [0.29, 0.717) is 19.7 Å². The molecule has 150 valence electrons. The second-order valence-electron chi connectivity index (χ2n) is 6.77. The Bertz CT molecular complexity index is 264. The number of hydrogen-bond donors (Lipinski definition) is 1. The zero-order chi connectivity index (χ0) is 18.4. The lowest BCUT2D eigenvalue weighted by atomic mass is 10.1. The van der Waals surface area contributed by atoms with Crippen molar-refractivity contribution in [1.82, 2.24) is 4.90 Å². The van der Waals surface area contributed by atoms with Crippen LogP contribution in [0.5, 0.6) is 0 Å². The number of carbonyl (C=O) groups excluding carboxylic acids is 1. The van der Waals surface area contributed by atoms with Gasteiger partial charge in [0, 0.05) is 20.3 Å². The van der Waals surface area contributed by atoms with E-state index in [1.54, 1.807) is 7.11 Å². The Hall–Kier alpha value is -0.650. The lowest BCUT2D eigenvalue weighted by Gasteiger charge is -2.22. The highest BCUT2D eigenvalue weighted by atomic mass is 16.5.